The van der Waals surface area contributed by atoms with Crippen LogP contribution >= 0.6 is 0 Å². The lowest BCUT2D eigenvalue weighted by Gasteiger charge is -2.19. The van der Waals surface area contributed by atoms with E-state index in [0.717, 1.165) is 36.1 Å². The van der Waals surface area contributed by atoms with E-state index in [4.69, 9.17) is 9.47 Å². The Morgan fingerprint density at radius 2 is 1.83 bits per heavy atom. The largest absolute Gasteiger partial charge is 0.489 e. The van der Waals surface area contributed by atoms with Gasteiger partial charge in [0.1, 0.15) is 12.4 Å². The van der Waals surface area contributed by atoms with Gasteiger partial charge in [-0.05, 0) is 36.1 Å². The highest BCUT2D eigenvalue weighted by molar-refractivity contribution is 5.74. The number of rotatable bonds is 12. The van der Waals surface area contributed by atoms with Crippen LogP contribution in [0.2, 0.25) is 0 Å². The molecule has 1 amide bonds. The van der Waals surface area contributed by atoms with Gasteiger partial charge in [0, 0.05) is 13.3 Å². The summed E-state index contributed by atoms with van der Waals surface area (Å²) < 4.78 is 11.2. The zero-order valence-electron chi connectivity index (χ0n) is 17.4. The molecule has 0 aliphatic rings. The molecule has 1 unspecified atom stereocenters. The van der Waals surface area contributed by atoms with Crippen molar-refractivity contribution in [2.75, 3.05) is 6.61 Å². The number of esters is 1. The predicted octanol–water partition coefficient (Wildman–Crippen LogP) is 4.96. The first kappa shape index (κ1) is 22.5. The quantitative estimate of drug-likeness (QED) is 0.406. The van der Waals surface area contributed by atoms with Crippen molar-refractivity contribution in [2.45, 2.75) is 58.6 Å². The van der Waals surface area contributed by atoms with Crippen LogP contribution in [-0.2, 0) is 20.9 Å². The lowest BCUT2D eigenvalue weighted by Crippen LogP contribution is -2.26. The summed E-state index contributed by atoms with van der Waals surface area (Å²) in [6, 6.07) is 17.3. The molecule has 5 nitrogen and oxygen atoms in total. The molecule has 0 saturated carbocycles. The molecule has 1 atom stereocenters. The standard InChI is InChI=1S/C24H31NO4/c1-3-4-8-16-28-24(27)15-14-23(25-19(2)26)21-12-9-13-22(17-21)29-18-20-10-6-5-7-11-20/h5-7,9-13,17,23H,3-4,8,14-16,18H2,1-2H3,(H,25,26). The Morgan fingerprint density at radius 1 is 1.03 bits per heavy atom. The van der Waals surface area contributed by atoms with Gasteiger partial charge in [0.05, 0.1) is 12.6 Å². The monoisotopic (exact) mass is 397 g/mol. The van der Waals surface area contributed by atoms with E-state index in [1.807, 2.05) is 54.6 Å². The zero-order valence-corrected chi connectivity index (χ0v) is 17.4. The van der Waals surface area contributed by atoms with Crippen molar-refractivity contribution in [3.63, 3.8) is 0 Å². The smallest absolute Gasteiger partial charge is 0.305 e. The highest BCUT2D eigenvalue weighted by Gasteiger charge is 2.16. The van der Waals surface area contributed by atoms with Crippen LogP contribution in [0.3, 0.4) is 0 Å². The van der Waals surface area contributed by atoms with E-state index in [1.54, 1.807) is 0 Å². The Hall–Kier alpha value is -2.82. The van der Waals surface area contributed by atoms with Crippen LogP contribution in [0.25, 0.3) is 0 Å². The minimum atomic E-state index is -0.268. The average Bonchev–Trinajstić information content (AvgIpc) is 2.73. The second kappa shape index (κ2) is 12.6. The van der Waals surface area contributed by atoms with Crippen LogP contribution in [0.15, 0.2) is 54.6 Å². The number of hydrogen-bond acceptors (Lipinski definition) is 4. The summed E-state index contributed by atoms with van der Waals surface area (Å²) in [6.45, 7) is 4.52. The number of unbranched alkanes of at least 4 members (excludes halogenated alkanes) is 2. The van der Waals surface area contributed by atoms with Crippen molar-refractivity contribution < 1.29 is 19.1 Å². The molecule has 0 heterocycles. The molecular weight excluding hydrogens is 366 g/mol. The summed E-state index contributed by atoms with van der Waals surface area (Å²) in [4.78, 5) is 23.6. The second-order valence-corrected chi connectivity index (χ2v) is 7.07. The Kier molecular flexibility index (Phi) is 9.76. The van der Waals surface area contributed by atoms with E-state index >= 15 is 0 Å². The normalized spacial score (nSPS) is 11.5. The first-order valence-corrected chi connectivity index (χ1v) is 10.3. The van der Waals surface area contributed by atoms with Crippen molar-refractivity contribution >= 4 is 11.9 Å². The SMILES string of the molecule is CCCCCOC(=O)CCC(NC(C)=O)c1cccc(OCc2ccccc2)c1. The maximum Gasteiger partial charge on any atom is 0.305 e. The fourth-order valence-electron chi connectivity index (χ4n) is 3.00. The number of carbonyl (C=O) groups excluding carboxylic acids is 2. The lowest BCUT2D eigenvalue weighted by molar-refractivity contribution is -0.144. The van der Waals surface area contributed by atoms with Crippen molar-refractivity contribution in [1.29, 1.82) is 0 Å². The lowest BCUT2D eigenvalue weighted by atomic mass is 10.0. The third-order valence-electron chi connectivity index (χ3n) is 4.53. The third-order valence-corrected chi connectivity index (χ3v) is 4.53. The van der Waals surface area contributed by atoms with E-state index in [0.29, 0.717) is 19.6 Å². The average molecular weight is 398 g/mol. The molecule has 5 heteroatoms. The minimum Gasteiger partial charge on any atom is -0.489 e. The van der Waals surface area contributed by atoms with Gasteiger partial charge in [0.25, 0.3) is 0 Å². The maximum absolute atomic E-state index is 12.0. The summed E-state index contributed by atoms with van der Waals surface area (Å²) in [7, 11) is 0. The molecule has 0 aliphatic carbocycles. The van der Waals surface area contributed by atoms with Gasteiger partial charge < -0.3 is 14.8 Å². The molecule has 156 valence electrons. The molecule has 0 fully saturated rings. The zero-order chi connectivity index (χ0) is 20.9. The first-order chi connectivity index (χ1) is 14.1. The summed E-state index contributed by atoms with van der Waals surface area (Å²) >= 11 is 0. The van der Waals surface area contributed by atoms with Crippen LogP contribution in [0.4, 0.5) is 0 Å². The molecule has 0 bridgehead atoms. The summed E-state index contributed by atoms with van der Waals surface area (Å²) in [5, 5.41) is 2.93. The topological polar surface area (TPSA) is 64.6 Å². The van der Waals surface area contributed by atoms with Gasteiger partial charge in [0.2, 0.25) is 5.91 Å². The Morgan fingerprint density at radius 3 is 2.55 bits per heavy atom. The molecule has 2 rings (SSSR count). The van der Waals surface area contributed by atoms with Crippen molar-refractivity contribution in [3.05, 3.63) is 65.7 Å². The van der Waals surface area contributed by atoms with Gasteiger partial charge >= 0.3 is 5.97 Å². The van der Waals surface area contributed by atoms with Gasteiger partial charge in [-0.25, -0.2) is 0 Å². The number of nitrogens with one attached hydrogen (secondary N) is 1. The fraction of sp³-hybridized carbons (Fsp3) is 0.417. The summed E-state index contributed by atoms with van der Waals surface area (Å²) in [5.41, 5.74) is 1.99. The van der Waals surface area contributed by atoms with E-state index in [1.165, 1.54) is 6.92 Å². The highest BCUT2D eigenvalue weighted by Crippen LogP contribution is 2.24. The number of carbonyl (C=O) groups is 2. The molecule has 0 saturated heterocycles. The number of hydrogen-bond donors (Lipinski definition) is 1. The summed E-state index contributed by atoms with van der Waals surface area (Å²) in [5.74, 6) is 0.360. The van der Waals surface area contributed by atoms with Crippen LogP contribution < -0.4 is 10.1 Å². The van der Waals surface area contributed by atoms with Crippen LogP contribution in [-0.4, -0.2) is 18.5 Å². The van der Waals surface area contributed by atoms with Gasteiger partial charge in [-0.2, -0.15) is 0 Å². The maximum atomic E-state index is 12.0. The Bertz CT molecular complexity index is 760. The molecule has 2 aromatic carbocycles. The fourth-order valence-corrected chi connectivity index (χ4v) is 3.00. The number of ether oxygens (including phenoxy) is 2. The molecule has 0 aromatic heterocycles. The minimum absolute atomic E-state index is 0.137. The summed E-state index contributed by atoms with van der Waals surface area (Å²) in [6.07, 6.45) is 3.76. The number of benzene rings is 2. The van der Waals surface area contributed by atoms with Crippen LogP contribution in [0.5, 0.6) is 5.75 Å². The van der Waals surface area contributed by atoms with Gasteiger partial charge in [-0.1, -0.05) is 62.2 Å². The molecule has 0 aliphatic heterocycles. The molecule has 29 heavy (non-hydrogen) atoms. The van der Waals surface area contributed by atoms with Crippen LogP contribution in [0, 0.1) is 0 Å². The van der Waals surface area contributed by atoms with E-state index in [2.05, 4.69) is 12.2 Å². The molecule has 2 aromatic rings. The van der Waals surface area contributed by atoms with E-state index in [9.17, 15) is 9.59 Å². The number of amides is 1. The van der Waals surface area contributed by atoms with Gasteiger partial charge in [0.15, 0.2) is 0 Å². The second-order valence-electron chi connectivity index (χ2n) is 7.07. The molecule has 0 radical (unpaired) electrons. The first-order valence-electron chi connectivity index (χ1n) is 10.3. The Balaban J connectivity index is 1.94. The van der Waals surface area contributed by atoms with Crippen LogP contribution in [0.1, 0.15) is 63.1 Å². The molecular formula is C24H31NO4. The third kappa shape index (κ3) is 8.81. The van der Waals surface area contributed by atoms with E-state index < -0.39 is 0 Å². The predicted molar refractivity (Wildman–Crippen MR) is 113 cm³/mol. The van der Waals surface area contributed by atoms with Crippen molar-refractivity contribution in [1.82, 2.24) is 5.32 Å². The van der Waals surface area contributed by atoms with Crippen molar-refractivity contribution in [3.8, 4) is 5.75 Å². The van der Waals surface area contributed by atoms with Crippen molar-refractivity contribution in [2.24, 2.45) is 0 Å². The molecule has 0 spiro atoms. The Labute approximate surface area is 173 Å². The highest BCUT2D eigenvalue weighted by atomic mass is 16.5. The van der Waals surface area contributed by atoms with Gasteiger partial charge in [-0.15, -0.1) is 0 Å². The van der Waals surface area contributed by atoms with Gasteiger partial charge in [-0.3, -0.25) is 9.59 Å². The van der Waals surface area contributed by atoms with E-state index in [-0.39, 0.29) is 24.3 Å². The molecule has 1 N–H and O–H groups in total.